The highest BCUT2D eigenvalue weighted by Crippen LogP contribution is 2.20. The van der Waals surface area contributed by atoms with Crippen molar-refractivity contribution in [2.24, 2.45) is 0 Å². The molecule has 0 aliphatic heterocycles. The van der Waals surface area contributed by atoms with Crippen LogP contribution < -0.4 is 11.3 Å². The van der Waals surface area contributed by atoms with Crippen LogP contribution in [0.2, 0.25) is 0 Å². The Balaban J connectivity index is 2.73. The number of aromatic amines is 2. The average molecular weight is 201 g/mol. The fraction of sp³-hybridized carbons (Fsp3) is 0. The molecule has 74 valence electrons. The Morgan fingerprint density at radius 1 is 1.27 bits per heavy atom. The van der Waals surface area contributed by atoms with E-state index >= 15 is 0 Å². The van der Waals surface area contributed by atoms with Gasteiger partial charge in [-0.3, -0.25) is 4.79 Å². The zero-order valence-corrected chi connectivity index (χ0v) is 7.61. The summed E-state index contributed by atoms with van der Waals surface area (Å²) in [4.78, 5) is 24.9. The van der Waals surface area contributed by atoms with Gasteiger partial charge in [0.15, 0.2) is 5.65 Å². The van der Waals surface area contributed by atoms with Crippen molar-refractivity contribution >= 4 is 28.0 Å². The van der Waals surface area contributed by atoms with Crippen LogP contribution >= 0.6 is 0 Å². The summed E-state index contributed by atoms with van der Waals surface area (Å²) in [6.07, 6.45) is 1.66. The highest BCUT2D eigenvalue weighted by molar-refractivity contribution is 6.04. The van der Waals surface area contributed by atoms with Crippen LogP contribution in [0.5, 0.6) is 0 Å². The van der Waals surface area contributed by atoms with Crippen molar-refractivity contribution in [2.45, 2.75) is 0 Å². The monoisotopic (exact) mass is 201 g/mol. The van der Waals surface area contributed by atoms with E-state index in [-0.39, 0.29) is 11.5 Å². The predicted molar refractivity (Wildman–Crippen MR) is 56.4 cm³/mol. The van der Waals surface area contributed by atoms with Gasteiger partial charge in [0.1, 0.15) is 5.65 Å². The molecular weight excluding hydrogens is 194 g/mol. The number of hydrogen-bond acceptors (Lipinski definition) is 4. The van der Waals surface area contributed by atoms with Crippen molar-refractivity contribution in [1.82, 2.24) is 19.9 Å². The lowest BCUT2D eigenvalue weighted by Gasteiger charge is -1.95. The first-order chi connectivity index (χ1) is 7.24. The third-order valence-electron chi connectivity index (χ3n) is 2.23. The van der Waals surface area contributed by atoms with Crippen LogP contribution in [0.25, 0.3) is 22.1 Å². The van der Waals surface area contributed by atoms with Crippen LogP contribution in [0.4, 0.5) is 5.95 Å². The molecule has 0 fully saturated rings. The molecule has 6 heteroatoms. The third kappa shape index (κ3) is 1.08. The second-order valence-electron chi connectivity index (χ2n) is 3.23. The summed E-state index contributed by atoms with van der Waals surface area (Å²) in [5.41, 5.74) is 6.42. The summed E-state index contributed by atoms with van der Waals surface area (Å²) in [5.74, 6) is 0.226. The van der Waals surface area contributed by atoms with Gasteiger partial charge in [-0.25, -0.2) is 4.98 Å². The van der Waals surface area contributed by atoms with E-state index in [4.69, 9.17) is 5.73 Å². The lowest BCUT2D eigenvalue weighted by atomic mass is 10.3. The Kier molecular flexibility index (Phi) is 1.37. The van der Waals surface area contributed by atoms with Crippen molar-refractivity contribution < 1.29 is 0 Å². The SMILES string of the molecule is Nc1nc2ncc3ccc(=O)[nH]c([nH]1)c32. The standard InChI is InChI=1S/C9H7N5O/c10-9-13-7-6-4(3-11-7)1-2-5(15)12-8(6)14-9/h1-3H,(H4,10,11,12,13,14,15). The van der Waals surface area contributed by atoms with Gasteiger partial charge in [0.2, 0.25) is 11.5 Å². The van der Waals surface area contributed by atoms with Gasteiger partial charge in [-0.1, -0.05) is 0 Å². The van der Waals surface area contributed by atoms with Gasteiger partial charge in [-0.15, -0.1) is 0 Å². The van der Waals surface area contributed by atoms with Crippen LogP contribution in [0.1, 0.15) is 0 Å². The maximum absolute atomic E-state index is 11.3. The van der Waals surface area contributed by atoms with Crippen molar-refractivity contribution in [3.05, 3.63) is 28.7 Å². The summed E-state index contributed by atoms with van der Waals surface area (Å²) in [6, 6.07) is 3.15. The maximum Gasteiger partial charge on any atom is 0.249 e. The van der Waals surface area contributed by atoms with E-state index in [1.165, 1.54) is 6.07 Å². The maximum atomic E-state index is 11.3. The molecule has 0 radical (unpaired) electrons. The molecule has 0 saturated heterocycles. The summed E-state index contributed by atoms with van der Waals surface area (Å²) in [7, 11) is 0. The zero-order chi connectivity index (χ0) is 10.4. The van der Waals surface area contributed by atoms with Crippen molar-refractivity contribution in [3.63, 3.8) is 0 Å². The number of anilines is 1. The normalized spacial score (nSPS) is 11.2. The molecule has 0 aliphatic rings. The molecule has 0 amide bonds. The molecule has 0 spiro atoms. The number of nitrogens with one attached hydrogen (secondary N) is 2. The highest BCUT2D eigenvalue weighted by atomic mass is 16.1. The molecule has 6 nitrogen and oxygen atoms in total. The van der Waals surface area contributed by atoms with Crippen LogP contribution in [0, 0.1) is 0 Å². The van der Waals surface area contributed by atoms with E-state index < -0.39 is 0 Å². The minimum absolute atomic E-state index is 0.200. The Hall–Kier alpha value is -2.37. The fourth-order valence-electron chi connectivity index (χ4n) is 1.61. The lowest BCUT2D eigenvalue weighted by molar-refractivity contribution is 1.19. The van der Waals surface area contributed by atoms with E-state index in [0.29, 0.717) is 11.3 Å². The molecule has 0 atom stereocenters. The van der Waals surface area contributed by atoms with E-state index in [0.717, 1.165) is 10.8 Å². The topological polar surface area (TPSA) is 100 Å². The molecule has 0 bridgehead atoms. The largest absolute Gasteiger partial charge is 0.369 e. The highest BCUT2D eigenvalue weighted by Gasteiger charge is 2.06. The van der Waals surface area contributed by atoms with Crippen LogP contribution in [-0.2, 0) is 0 Å². The summed E-state index contributed by atoms with van der Waals surface area (Å²) in [6.45, 7) is 0. The molecule has 0 saturated carbocycles. The van der Waals surface area contributed by atoms with E-state index in [1.807, 2.05) is 0 Å². The zero-order valence-electron chi connectivity index (χ0n) is 7.61. The van der Waals surface area contributed by atoms with Crippen molar-refractivity contribution in [1.29, 1.82) is 0 Å². The third-order valence-corrected chi connectivity index (χ3v) is 2.23. The van der Waals surface area contributed by atoms with Gasteiger partial charge in [0, 0.05) is 17.6 Å². The Morgan fingerprint density at radius 3 is 3.00 bits per heavy atom. The molecule has 0 unspecified atom stereocenters. The number of H-pyrrole nitrogens is 2. The molecule has 4 N–H and O–H groups in total. The van der Waals surface area contributed by atoms with E-state index in [2.05, 4.69) is 19.9 Å². The first-order valence-electron chi connectivity index (χ1n) is 4.37. The van der Waals surface area contributed by atoms with Crippen LogP contribution in [0.15, 0.2) is 23.1 Å². The molecule has 15 heavy (non-hydrogen) atoms. The van der Waals surface area contributed by atoms with Gasteiger partial charge in [-0.2, -0.15) is 4.98 Å². The van der Waals surface area contributed by atoms with Gasteiger partial charge in [-0.05, 0) is 6.07 Å². The Bertz CT molecular complexity index is 711. The molecule has 3 rings (SSSR count). The molecule has 0 aromatic carbocycles. The van der Waals surface area contributed by atoms with Gasteiger partial charge in [0.05, 0.1) is 5.39 Å². The average Bonchev–Trinajstić information content (AvgIpc) is 2.50. The van der Waals surface area contributed by atoms with E-state index in [9.17, 15) is 4.79 Å². The Labute approximate surface area is 83.2 Å². The number of nitrogens with two attached hydrogens (primary N) is 1. The molecule has 3 aromatic heterocycles. The first-order valence-corrected chi connectivity index (χ1v) is 4.37. The van der Waals surface area contributed by atoms with Gasteiger partial charge >= 0.3 is 0 Å². The van der Waals surface area contributed by atoms with Gasteiger partial charge < -0.3 is 15.7 Å². The fourth-order valence-corrected chi connectivity index (χ4v) is 1.61. The predicted octanol–water partition coefficient (Wildman–Crippen LogP) is 0.382. The smallest absolute Gasteiger partial charge is 0.249 e. The first kappa shape index (κ1) is 7.98. The molecular formula is C9H7N5O. The quantitative estimate of drug-likeness (QED) is 0.489. The van der Waals surface area contributed by atoms with Crippen LogP contribution in [-0.4, -0.2) is 19.9 Å². The summed E-state index contributed by atoms with van der Waals surface area (Å²) < 4.78 is 0. The number of rotatable bonds is 0. The lowest BCUT2D eigenvalue weighted by Crippen LogP contribution is -2.02. The van der Waals surface area contributed by atoms with Crippen LogP contribution in [0.3, 0.4) is 0 Å². The number of aromatic nitrogens is 4. The minimum Gasteiger partial charge on any atom is -0.369 e. The number of hydrogen-bond donors (Lipinski definition) is 3. The van der Waals surface area contributed by atoms with Gasteiger partial charge in [0.25, 0.3) is 0 Å². The van der Waals surface area contributed by atoms with Crippen molar-refractivity contribution in [2.75, 3.05) is 5.73 Å². The molecule has 0 aliphatic carbocycles. The minimum atomic E-state index is -0.200. The second kappa shape index (κ2) is 2.57. The van der Waals surface area contributed by atoms with Crippen molar-refractivity contribution in [3.8, 4) is 0 Å². The molecule has 3 aromatic rings. The summed E-state index contributed by atoms with van der Waals surface area (Å²) >= 11 is 0. The second-order valence-corrected chi connectivity index (χ2v) is 3.23. The molecule has 3 heterocycles. The van der Waals surface area contributed by atoms with E-state index in [1.54, 1.807) is 12.3 Å². The number of nitrogen functional groups attached to an aromatic ring is 1. The Morgan fingerprint density at radius 2 is 2.13 bits per heavy atom. The number of nitrogens with zero attached hydrogens (tertiary/aromatic N) is 2. The summed E-state index contributed by atoms with van der Waals surface area (Å²) in [5, 5.41) is 1.63.